The van der Waals surface area contributed by atoms with Gasteiger partial charge in [-0.3, -0.25) is 4.90 Å². The van der Waals surface area contributed by atoms with E-state index < -0.39 is 8.96 Å². The summed E-state index contributed by atoms with van der Waals surface area (Å²) in [5, 5.41) is 0. The molecule has 0 aromatic heterocycles. The summed E-state index contributed by atoms with van der Waals surface area (Å²) >= 11 is 0. The highest BCUT2D eigenvalue weighted by Gasteiger charge is 1.98. The van der Waals surface area contributed by atoms with Gasteiger partial charge in [-0.2, -0.15) is 0 Å². The molecule has 0 aromatic carbocycles. The first-order chi connectivity index (χ1) is 4.70. The summed E-state index contributed by atoms with van der Waals surface area (Å²) in [6.07, 6.45) is 0. The highest BCUT2D eigenvalue weighted by Crippen LogP contribution is 1.83. The van der Waals surface area contributed by atoms with Crippen LogP contribution >= 0.6 is 0 Å². The Hall–Kier alpha value is 0.137. The van der Waals surface area contributed by atoms with Crippen LogP contribution in [-0.2, 0) is 0 Å². The van der Waals surface area contributed by atoms with Gasteiger partial charge in [-0.25, -0.2) is 0 Å². The quantitative estimate of drug-likeness (QED) is 0.474. The third-order valence-electron chi connectivity index (χ3n) is 1.62. The van der Waals surface area contributed by atoms with Crippen LogP contribution < -0.4 is 4.98 Å². The van der Waals surface area contributed by atoms with E-state index in [-0.39, 0.29) is 0 Å². The number of hydrogen-bond donors (Lipinski definition) is 1. The third kappa shape index (κ3) is 4.96. The number of hydrogen-bond acceptors (Lipinski definition) is 2. The third-order valence-corrected chi connectivity index (χ3v) is 2.62. The summed E-state index contributed by atoms with van der Waals surface area (Å²) in [5.41, 5.74) is 0. The molecule has 3 heteroatoms. The van der Waals surface area contributed by atoms with Gasteiger partial charge < -0.3 is 4.98 Å². The molecule has 0 amide bonds. The number of nitrogens with zero attached hydrogens (tertiary/aromatic N) is 1. The lowest BCUT2D eigenvalue weighted by Gasteiger charge is -2.19. The smallest absolute Gasteiger partial charge is 0.103 e. The molecule has 0 atom stereocenters. The van der Waals surface area contributed by atoms with E-state index in [0.717, 1.165) is 19.8 Å². The molecule has 0 saturated heterocycles. The molecule has 0 aliphatic heterocycles. The van der Waals surface area contributed by atoms with E-state index in [2.05, 4.69) is 36.8 Å². The molecule has 0 unspecified atom stereocenters. The van der Waals surface area contributed by atoms with Gasteiger partial charge in [0.05, 0.1) is 0 Å². The minimum Gasteiger partial charge on any atom is -0.328 e. The summed E-state index contributed by atoms with van der Waals surface area (Å²) in [5.74, 6) is 0. The molecule has 2 nitrogen and oxygen atoms in total. The largest absolute Gasteiger partial charge is 0.328 e. The fourth-order valence-electron chi connectivity index (χ4n) is 0.759. The lowest BCUT2D eigenvalue weighted by Crippen LogP contribution is -2.39. The second-order valence-corrected chi connectivity index (χ2v) is 5.54. The van der Waals surface area contributed by atoms with Crippen molar-refractivity contribution < 1.29 is 0 Å². The van der Waals surface area contributed by atoms with Crippen LogP contribution in [0.4, 0.5) is 0 Å². The maximum Gasteiger partial charge on any atom is 0.103 e. The van der Waals surface area contributed by atoms with Crippen molar-refractivity contribution in [2.45, 2.75) is 26.9 Å². The summed E-state index contributed by atoms with van der Waals surface area (Å²) in [6, 6.07) is 0. The SMILES string of the molecule is CCN(CC)CN[SiH](C)C. The van der Waals surface area contributed by atoms with Gasteiger partial charge in [-0.15, -0.1) is 0 Å². The number of nitrogens with one attached hydrogen (secondary N) is 1. The van der Waals surface area contributed by atoms with Gasteiger partial charge in [0, 0.05) is 6.67 Å². The van der Waals surface area contributed by atoms with Crippen molar-refractivity contribution in [3.63, 3.8) is 0 Å². The lowest BCUT2D eigenvalue weighted by molar-refractivity contribution is 0.300. The minimum atomic E-state index is -0.546. The standard InChI is InChI=1S/C7H20N2Si/c1-5-9(6-2)7-8-10(3)4/h8,10H,5-7H2,1-4H3. The Bertz CT molecular complexity index is 72.0. The molecule has 0 aliphatic carbocycles. The zero-order valence-electron chi connectivity index (χ0n) is 7.65. The molecule has 0 spiro atoms. The lowest BCUT2D eigenvalue weighted by atomic mass is 10.6. The van der Waals surface area contributed by atoms with E-state index in [0.29, 0.717) is 0 Å². The van der Waals surface area contributed by atoms with Crippen molar-refractivity contribution in [1.29, 1.82) is 0 Å². The van der Waals surface area contributed by atoms with Gasteiger partial charge in [0.1, 0.15) is 8.96 Å². The van der Waals surface area contributed by atoms with Crippen LogP contribution in [0, 0.1) is 0 Å². The Balaban J connectivity index is 3.26. The summed E-state index contributed by atoms with van der Waals surface area (Å²) in [6.45, 7) is 12.4. The van der Waals surface area contributed by atoms with E-state index in [1.807, 2.05) is 0 Å². The van der Waals surface area contributed by atoms with E-state index in [9.17, 15) is 0 Å². The Kier molecular flexibility index (Phi) is 5.97. The average molecular weight is 160 g/mol. The van der Waals surface area contributed by atoms with Crippen molar-refractivity contribution in [2.24, 2.45) is 0 Å². The zero-order valence-corrected chi connectivity index (χ0v) is 8.80. The van der Waals surface area contributed by atoms with Crippen molar-refractivity contribution in [3.8, 4) is 0 Å². The highest BCUT2D eigenvalue weighted by molar-refractivity contribution is 6.52. The Morgan fingerprint density at radius 1 is 1.20 bits per heavy atom. The second-order valence-electron chi connectivity index (χ2n) is 2.82. The molecule has 0 heterocycles. The van der Waals surface area contributed by atoms with Crippen molar-refractivity contribution in [2.75, 3.05) is 19.8 Å². The Labute approximate surface area is 66.3 Å². The maximum absolute atomic E-state index is 3.51. The maximum atomic E-state index is 3.51. The zero-order chi connectivity index (χ0) is 7.98. The Morgan fingerprint density at radius 3 is 2.00 bits per heavy atom. The van der Waals surface area contributed by atoms with Crippen molar-refractivity contribution in [3.05, 3.63) is 0 Å². The average Bonchev–Trinajstić information content (AvgIpc) is 1.90. The summed E-state index contributed by atoms with van der Waals surface area (Å²) < 4.78 is 0. The highest BCUT2D eigenvalue weighted by atomic mass is 28.3. The molecule has 0 bridgehead atoms. The molecule has 0 saturated carbocycles. The van der Waals surface area contributed by atoms with Crippen LogP contribution in [0.2, 0.25) is 13.1 Å². The van der Waals surface area contributed by atoms with Gasteiger partial charge in [0.25, 0.3) is 0 Å². The predicted octanol–water partition coefficient (Wildman–Crippen LogP) is 0.859. The van der Waals surface area contributed by atoms with E-state index >= 15 is 0 Å². The minimum absolute atomic E-state index is 0.546. The molecule has 1 N–H and O–H groups in total. The molecule has 0 aromatic rings. The van der Waals surface area contributed by atoms with Gasteiger partial charge in [-0.05, 0) is 13.1 Å². The number of rotatable bonds is 5. The first-order valence-electron chi connectivity index (χ1n) is 4.16. The van der Waals surface area contributed by atoms with E-state index in [4.69, 9.17) is 0 Å². The monoisotopic (exact) mass is 160 g/mol. The Morgan fingerprint density at radius 2 is 1.70 bits per heavy atom. The van der Waals surface area contributed by atoms with Crippen LogP contribution in [0.25, 0.3) is 0 Å². The normalized spacial score (nSPS) is 11.4. The molecule has 0 rings (SSSR count). The van der Waals surface area contributed by atoms with Gasteiger partial charge in [0.2, 0.25) is 0 Å². The first-order valence-corrected chi connectivity index (χ1v) is 7.05. The fraction of sp³-hybridized carbons (Fsp3) is 1.00. The fourth-order valence-corrected chi connectivity index (χ4v) is 1.38. The second kappa shape index (κ2) is 5.89. The topological polar surface area (TPSA) is 15.3 Å². The van der Waals surface area contributed by atoms with Crippen molar-refractivity contribution in [1.82, 2.24) is 9.88 Å². The van der Waals surface area contributed by atoms with Crippen LogP contribution in [0.15, 0.2) is 0 Å². The van der Waals surface area contributed by atoms with Crippen LogP contribution in [0.5, 0.6) is 0 Å². The first kappa shape index (κ1) is 10.1. The molecule has 0 fully saturated rings. The van der Waals surface area contributed by atoms with Gasteiger partial charge >= 0.3 is 0 Å². The molecule has 0 radical (unpaired) electrons. The molecular weight excluding hydrogens is 140 g/mol. The predicted molar refractivity (Wildman–Crippen MR) is 49.8 cm³/mol. The van der Waals surface area contributed by atoms with Gasteiger partial charge in [-0.1, -0.05) is 26.9 Å². The van der Waals surface area contributed by atoms with Crippen LogP contribution in [0.1, 0.15) is 13.8 Å². The van der Waals surface area contributed by atoms with E-state index in [1.165, 1.54) is 0 Å². The summed E-state index contributed by atoms with van der Waals surface area (Å²) in [4.78, 5) is 5.91. The molecular formula is C7H20N2Si. The van der Waals surface area contributed by atoms with Crippen LogP contribution in [-0.4, -0.2) is 33.6 Å². The van der Waals surface area contributed by atoms with Gasteiger partial charge in [0.15, 0.2) is 0 Å². The van der Waals surface area contributed by atoms with E-state index in [1.54, 1.807) is 0 Å². The van der Waals surface area contributed by atoms with Crippen LogP contribution in [0.3, 0.4) is 0 Å². The molecule has 62 valence electrons. The summed E-state index contributed by atoms with van der Waals surface area (Å²) in [7, 11) is -0.546. The molecule has 0 aliphatic rings. The molecule has 10 heavy (non-hydrogen) atoms. The van der Waals surface area contributed by atoms with Crippen molar-refractivity contribution >= 4 is 8.96 Å².